The number of allylic oxidation sites excluding steroid dienone is 4. The van der Waals surface area contributed by atoms with Crippen molar-refractivity contribution in [2.24, 2.45) is 5.73 Å². The molecule has 7 heteroatoms. The van der Waals surface area contributed by atoms with Gasteiger partial charge >= 0.3 is 189 Å². The van der Waals surface area contributed by atoms with E-state index in [1.807, 2.05) is 18.2 Å². The first kappa shape index (κ1) is 20.3. The van der Waals surface area contributed by atoms with Gasteiger partial charge in [0.25, 0.3) is 0 Å². The monoisotopic (exact) mass is 413 g/mol. The summed E-state index contributed by atoms with van der Waals surface area (Å²) in [5, 5.41) is 6.26. The minimum absolute atomic E-state index is 0.140. The molecule has 2 aliphatic heterocycles. The molecule has 0 bridgehead atoms. The fraction of sp³-hybridized carbons (Fsp3) is 0.0800. The number of anilines is 1. The molecular weight excluding hydrogens is 391 g/mol. The zero-order valence-corrected chi connectivity index (χ0v) is 17.9. The second kappa shape index (κ2) is 8.15. The molecule has 152 valence electrons. The second-order valence-corrected chi connectivity index (χ2v) is 8.30. The van der Waals surface area contributed by atoms with Gasteiger partial charge in [0.1, 0.15) is 0 Å². The van der Waals surface area contributed by atoms with Crippen LogP contribution in [0.5, 0.6) is 0 Å². The molecule has 2 aliphatic rings. The molecule has 3 heterocycles. The van der Waals surface area contributed by atoms with E-state index >= 15 is 0 Å². The van der Waals surface area contributed by atoms with Crippen LogP contribution in [-0.2, 0) is 6.42 Å². The van der Waals surface area contributed by atoms with Crippen LogP contribution in [0.1, 0.15) is 21.5 Å². The molecule has 1 aromatic heterocycles. The molecule has 4 nitrogen and oxygen atoms in total. The first-order valence-corrected chi connectivity index (χ1v) is 10.7. The quantitative estimate of drug-likeness (QED) is 0.455. The van der Waals surface area contributed by atoms with Crippen molar-refractivity contribution in [2.75, 3.05) is 12.8 Å². The van der Waals surface area contributed by atoms with Crippen LogP contribution in [0.2, 0.25) is 0 Å². The normalized spacial score (nSPS) is 14.6. The number of carbonyl (C=O) groups excluding carboxylic acids is 1. The summed E-state index contributed by atoms with van der Waals surface area (Å²) in [5.74, 6) is 6.31. The van der Waals surface area contributed by atoms with Crippen LogP contribution in [0.3, 0.4) is 0 Å². The number of amides is 1. The Morgan fingerprint density at radius 2 is 2.00 bits per heavy atom. The fourth-order valence-electron chi connectivity index (χ4n) is 4.57. The molecule has 0 atom stereocenters. The summed E-state index contributed by atoms with van der Waals surface area (Å²) < 4.78 is 0. The van der Waals surface area contributed by atoms with Crippen LogP contribution in [0.4, 0.5) is 5.69 Å². The van der Waals surface area contributed by atoms with Crippen LogP contribution in [0, 0.1) is 0 Å². The van der Waals surface area contributed by atoms with Gasteiger partial charge in [-0.3, -0.25) is 0 Å². The summed E-state index contributed by atoms with van der Waals surface area (Å²) in [6.45, 7) is 4.40. The zero-order valence-electron chi connectivity index (χ0n) is 17.9. The molecule has 5 rings (SSSR count). The van der Waals surface area contributed by atoms with E-state index in [1.54, 1.807) is 13.1 Å². The van der Waals surface area contributed by atoms with Gasteiger partial charge in [-0.05, 0) is 0 Å². The van der Waals surface area contributed by atoms with Gasteiger partial charge in [0.15, 0.2) is 0 Å². The summed E-state index contributed by atoms with van der Waals surface area (Å²) >= 11 is 0. The van der Waals surface area contributed by atoms with E-state index in [-0.39, 0.29) is 12.6 Å². The summed E-state index contributed by atoms with van der Waals surface area (Å²) in [6, 6.07) is 16.4. The van der Waals surface area contributed by atoms with E-state index < -0.39 is 0 Å². The Kier molecular flexibility index (Phi) is 5.18. The number of nitrogen functional groups attached to an aromatic ring is 1. The third kappa shape index (κ3) is 3.64. The van der Waals surface area contributed by atoms with Crippen molar-refractivity contribution in [2.45, 2.75) is 6.42 Å². The number of nitrogens with two attached hydrogens (primary N) is 2. The average molecular weight is 413 g/mol. The number of benzene rings is 2. The molecule has 3 aromatic rings. The molecule has 5 N–H and O–H groups in total. The number of rotatable bonds is 4. The Balaban J connectivity index is 1.44. The Hall–Kier alpha value is -3.60. The van der Waals surface area contributed by atoms with E-state index in [2.05, 4.69) is 67.4 Å². The predicted octanol–water partition coefficient (Wildman–Crippen LogP) is 2.49. The molecule has 2 aromatic carbocycles. The molecule has 0 fully saturated rings. The number of hydrogen-bond donors (Lipinski definition) is 3. The SMILES string of the molecule is CNC(=O)c1ccc(C2=CB3C(=BC=C3Cc3ccc4bcccc4c3)C(N)=C2)cc1N. The van der Waals surface area contributed by atoms with Gasteiger partial charge in [-0.25, -0.2) is 0 Å². The summed E-state index contributed by atoms with van der Waals surface area (Å²) in [5.41, 5.74) is 18.9. The average Bonchev–Trinajstić information content (AvgIpc) is 3.21. The topological polar surface area (TPSA) is 81.1 Å². The first-order valence-electron chi connectivity index (χ1n) is 10.7. The van der Waals surface area contributed by atoms with Gasteiger partial charge in [0.2, 0.25) is 0 Å². The number of hydrogen-bond acceptors (Lipinski definition) is 3. The van der Waals surface area contributed by atoms with Gasteiger partial charge < -0.3 is 0 Å². The molecule has 1 amide bonds. The third-order valence-electron chi connectivity index (χ3n) is 6.28. The zero-order chi connectivity index (χ0) is 22.2. The summed E-state index contributed by atoms with van der Waals surface area (Å²) in [7, 11) is 1.60. The number of fused-ring (bicyclic) bond motifs is 2. The van der Waals surface area contributed by atoms with E-state index in [0.29, 0.717) is 11.3 Å². The molecule has 32 heavy (non-hydrogen) atoms. The van der Waals surface area contributed by atoms with Gasteiger partial charge in [-0.15, -0.1) is 0 Å². The van der Waals surface area contributed by atoms with Crippen molar-refractivity contribution < 1.29 is 4.79 Å². The molecule has 0 saturated heterocycles. The van der Waals surface area contributed by atoms with Crippen molar-refractivity contribution in [1.29, 1.82) is 0 Å². The Bertz CT molecular complexity index is 1390. The minimum atomic E-state index is -0.191. The molecule has 0 saturated carbocycles. The molecular formula is C25H22B3N3O. The fourth-order valence-corrected chi connectivity index (χ4v) is 4.57. The van der Waals surface area contributed by atoms with Crippen molar-refractivity contribution in [3.05, 3.63) is 100 Å². The maximum absolute atomic E-state index is 12.0. The molecule has 0 aliphatic carbocycles. The van der Waals surface area contributed by atoms with E-state index in [4.69, 9.17) is 11.5 Å². The van der Waals surface area contributed by atoms with Crippen molar-refractivity contribution in [3.63, 3.8) is 0 Å². The van der Waals surface area contributed by atoms with E-state index in [9.17, 15) is 4.79 Å². The van der Waals surface area contributed by atoms with Crippen molar-refractivity contribution in [3.8, 4) is 0 Å². The van der Waals surface area contributed by atoms with Crippen LogP contribution < -0.4 is 16.8 Å². The number of nitrogens with one attached hydrogen (secondary N) is 1. The van der Waals surface area contributed by atoms with Crippen molar-refractivity contribution in [1.82, 2.24) is 5.32 Å². The third-order valence-corrected chi connectivity index (χ3v) is 6.28. The Morgan fingerprint density at radius 3 is 2.81 bits per heavy atom. The van der Waals surface area contributed by atoms with E-state index in [1.165, 1.54) is 21.7 Å². The van der Waals surface area contributed by atoms with Gasteiger partial charge in [-0.1, -0.05) is 0 Å². The van der Waals surface area contributed by atoms with E-state index in [0.717, 1.165) is 28.6 Å². The standard InChI is InChI=1S/C25H22B3N3O/c1-31-25(32)20-6-5-16(11-22(20)29)18-12-23(30)24-27-13-19(28(24)14-18)10-15-4-7-21-17(9-15)3-2-8-26-21/h2-9,11-14H,10,29-30H2,1H3,(H,31,32). The summed E-state index contributed by atoms with van der Waals surface area (Å²) in [4.78, 5) is 12.0. The molecule has 0 spiro atoms. The van der Waals surface area contributed by atoms with Crippen LogP contribution >= 0.6 is 0 Å². The van der Waals surface area contributed by atoms with Crippen LogP contribution in [0.15, 0.2) is 83.7 Å². The maximum atomic E-state index is 12.0. The Morgan fingerprint density at radius 1 is 1.12 bits per heavy atom. The first-order chi connectivity index (χ1) is 15.5. The predicted molar refractivity (Wildman–Crippen MR) is 138 cm³/mol. The van der Waals surface area contributed by atoms with Crippen molar-refractivity contribution >= 4 is 53.7 Å². The molecule has 0 radical (unpaired) electrons. The van der Waals surface area contributed by atoms with Crippen LogP contribution in [0.25, 0.3) is 16.2 Å². The van der Waals surface area contributed by atoms with Gasteiger partial charge in [0.05, 0.1) is 0 Å². The van der Waals surface area contributed by atoms with Gasteiger partial charge in [0, 0.05) is 0 Å². The molecule has 0 unspecified atom stereocenters. The number of carbonyl (C=O) groups is 1. The van der Waals surface area contributed by atoms with Gasteiger partial charge in [-0.2, -0.15) is 0 Å². The summed E-state index contributed by atoms with van der Waals surface area (Å²) in [6.07, 6.45) is 2.85. The second-order valence-electron chi connectivity index (χ2n) is 8.30. The van der Waals surface area contributed by atoms with Crippen LogP contribution in [-0.4, -0.2) is 38.9 Å². The Labute approximate surface area is 189 Å².